The highest BCUT2D eigenvalue weighted by Crippen LogP contribution is 2.43. The number of benzene rings is 2. The minimum absolute atomic E-state index is 0.199. The zero-order valence-corrected chi connectivity index (χ0v) is 16.0. The Labute approximate surface area is 162 Å². The molecular weight excluding hydrogens is 418 g/mol. The first-order valence-corrected chi connectivity index (χ1v) is 9.84. The van der Waals surface area contributed by atoms with Crippen molar-refractivity contribution in [1.82, 2.24) is 0 Å². The average molecular weight is 432 g/mol. The highest BCUT2D eigenvalue weighted by Gasteiger charge is 2.29. The lowest BCUT2D eigenvalue weighted by Gasteiger charge is -2.20. The second-order valence-corrected chi connectivity index (χ2v) is 7.89. The molecule has 1 N–H and O–H groups in total. The summed E-state index contributed by atoms with van der Waals surface area (Å²) in [6, 6.07) is 9.42. The van der Waals surface area contributed by atoms with Crippen LogP contribution < -0.4 is 19.7 Å². The SMILES string of the molecule is O=C(Nc1ccc2c(c1)N1CCN=C1S2)c1cc2c(cc1Br)OCCO2. The summed E-state index contributed by atoms with van der Waals surface area (Å²) < 4.78 is 11.8. The van der Waals surface area contributed by atoms with E-state index in [-0.39, 0.29) is 5.91 Å². The molecule has 0 radical (unpaired) electrons. The number of carbonyl (C=O) groups is 1. The molecule has 0 saturated heterocycles. The molecule has 6 nitrogen and oxygen atoms in total. The van der Waals surface area contributed by atoms with Gasteiger partial charge >= 0.3 is 0 Å². The van der Waals surface area contributed by atoms with E-state index >= 15 is 0 Å². The molecule has 0 saturated carbocycles. The summed E-state index contributed by atoms with van der Waals surface area (Å²) in [7, 11) is 0. The van der Waals surface area contributed by atoms with Crippen LogP contribution in [0.25, 0.3) is 0 Å². The number of fused-ring (bicyclic) bond motifs is 4. The molecule has 8 heteroatoms. The minimum atomic E-state index is -0.199. The van der Waals surface area contributed by atoms with Crippen molar-refractivity contribution < 1.29 is 14.3 Å². The number of amides is 1. The number of nitrogens with zero attached hydrogens (tertiary/aromatic N) is 2. The van der Waals surface area contributed by atoms with Crippen LogP contribution in [0.4, 0.5) is 11.4 Å². The third kappa shape index (κ3) is 2.64. The van der Waals surface area contributed by atoms with Gasteiger partial charge in [0, 0.05) is 21.6 Å². The number of ether oxygens (including phenoxy) is 2. The molecule has 132 valence electrons. The number of aliphatic imine (C=N–C) groups is 1. The van der Waals surface area contributed by atoms with Crippen LogP contribution in [0.5, 0.6) is 11.5 Å². The maximum Gasteiger partial charge on any atom is 0.256 e. The molecule has 2 aromatic carbocycles. The Bertz CT molecular complexity index is 963. The van der Waals surface area contributed by atoms with E-state index in [2.05, 4.69) is 31.1 Å². The highest BCUT2D eigenvalue weighted by atomic mass is 79.9. The maximum absolute atomic E-state index is 12.8. The number of rotatable bonds is 2. The fourth-order valence-electron chi connectivity index (χ4n) is 3.16. The van der Waals surface area contributed by atoms with Gasteiger partial charge in [0.05, 0.1) is 17.8 Å². The van der Waals surface area contributed by atoms with Crippen LogP contribution in [-0.4, -0.2) is 37.4 Å². The Morgan fingerprint density at radius 3 is 2.85 bits per heavy atom. The fraction of sp³-hybridized carbons (Fsp3) is 0.222. The lowest BCUT2D eigenvalue weighted by molar-refractivity contribution is 0.102. The smallest absolute Gasteiger partial charge is 0.256 e. The number of nitrogens with one attached hydrogen (secondary N) is 1. The number of amidine groups is 1. The van der Waals surface area contributed by atoms with Crippen molar-refractivity contribution in [2.75, 3.05) is 36.5 Å². The summed E-state index contributed by atoms with van der Waals surface area (Å²) in [5.41, 5.74) is 2.36. The fourth-order valence-corrected chi connectivity index (χ4v) is 4.73. The topological polar surface area (TPSA) is 63.2 Å². The third-order valence-electron chi connectivity index (χ3n) is 4.39. The number of hydrogen-bond donors (Lipinski definition) is 1. The maximum atomic E-state index is 12.8. The second kappa shape index (κ2) is 6.21. The monoisotopic (exact) mass is 431 g/mol. The van der Waals surface area contributed by atoms with Gasteiger partial charge in [-0.1, -0.05) is 0 Å². The van der Waals surface area contributed by atoms with E-state index in [1.165, 1.54) is 4.90 Å². The van der Waals surface area contributed by atoms with Crippen LogP contribution in [0.1, 0.15) is 10.4 Å². The van der Waals surface area contributed by atoms with Crippen LogP contribution in [0.3, 0.4) is 0 Å². The van der Waals surface area contributed by atoms with E-state index in [1.54, 1.807) is 23.9 Å². The number of halogens is 1. The Kier molecular flexibility index (Phi) is 3.82. The molecular formula is C18H14BrN3O3S. The Balaban J connectivity index is 1.41. The molecule has 5 rings (SSSR count). The molecule has 3 heterocycles. The van der Waals surface area contributed by atoms with Crippen molar-refractivity contribution in [2.45, 2.75) is 4.90 Å². The van der Waals surface area contributed by atoms with Gasteiger partial charge in [-0.15, -0.1) is 0 Å². The van der Waals surface area contributed by atoms with E-state index in [1.807, 2.05) is 18.2 Å². The van der Waals surface area contributed by atoms with Gasteiger partial charge in [0.25, 0.3) is 5.91 Å². The van der Waals surface area contributed by atoms with Crippen LogP contribution in [0.15, 0.2) is 44.7 Å². The first-order valence-electron chi connectivity index (χ1n) is 8.23. The molecule has 0 unspecified atom stereocenters. The molecule has 0 atom stereocenters. The van der Waals surface area contributed by atoms with Crippen molar-refractivity contribution >= 4 is 50.1 Å². The first kappa shape index (κ1) is 16.0. The van der Waals surface area contributed by atoms with Gasteiger partial charge in [-0.2, -0.15) is 0 Å². The third-order valence-corrected chi connectivity index (χ3v) is 6.14. The van der Waals surface area contributed by atoms with E-state index in [4.69, 9.17) is 9.47 Å². The van der Waals surface area contributed by atoms with Crippen molar-refractivity contribution in [2.24, 2.45) is 4.99 Å². The first-order chi connectivity index (χ1) is 12.7. The van der Waals surface area contributed by atoms with Crippen molar-refractivity contribution in [1.29, 1.82) is 0 Å². The van der Waals surface area contributed by atoms with E-state index in [0.29, 0.717) is 34.7 Å². The second-order valence-electron chi connectivity index (χ2n) is 6.03. The number of carbonyl (C=O) groups excluding carboxylic acids is 1. The molecule has 0 spiro atoms. The molecule has 0 bridgehead atoms. The van der Waals surface area contributed by atoms with Crippen LogP contribution >= 0.6 is 27.7 Å². The van der Waals surface area contributed by atoms with Gasteiger partial charge in [-0.05, 0) is 58.0 Å². The molecule has 26 heavy (non-hydrogen) atoms. The number of anilines is 2. The van der Waals surface area contributed by atoms with E-state index in [0.717, 1.165) is 29.6 Å². The molecule has 0 aromatic heterocycles. The van der Waals surface area contributed by atoms with Gasteiger partial charge < -0.3 is 19.7 Å². The zero-order valence-electron chi connectivity index (χ0n) is 13.6. The molecule has 3 aliphatic heterocycles. The summed E-state index contributed by atoms with van der Waals surface area (Å²) in [5, 5.41) is 4.01. The largest absolute Gasteiger partial charge is 0.486 e. The number of hydrogen-bond acceptors (Lipinski definition) is 6. The van der Waals surface area contributed by atoms with E-state index < -0.39 is 0 Å². The lowest BCUT2D eigenvalue weighted by Crippen LogP contribution is -2.21. The Hall–Kier alpha value is -2.19. The predicted octanol–water partition coefficient (Wildman–Crippen LogP) is 3.75. The van der Waals surface area contributed by atoms with Gasteiger partial charge in [0.1, 0.15) is 13.2 Å². The standard InChI is InChI=1S/C18H14BrN3O3S/c19-12-9-15-14(24-5-6-25-15)8-11(12)17(23)21-10-1-2-16-13(7-10)22-4-3-20-18(22)26-16/h1-2,7-9H,3-6H2,(H,21,23). The molecule has 3 aliphatic rings. The summed E-state index contributed by atoms with van der Waals surface area (Å²) in [5.74, 6) is 1.04. The van der Waals surface area contributed by atoms with Gasteiger partial charge in [-0.3, -0.25) is 9.79 Å². The van der Waals surface area contributed by atoms with Crippen LogP contribution in [0.2, 0.25) is 0 Å². The summed E-state index contributed by atoms with van der Waals surface area (Å²) >= 11 is 5.13. The lowest BCUT2D eigenvalue weighted by atomic mass is 10.1. The van der Waals surface area contributed by atoms with Gasteiger partial charge in [0.15, 0.2) is 16.7 Å². The van der Waals surface area contributed by atoms with Crippen LogP contribution in [-0.2, 0) is 0 Å². The number of thioether (sulfide) groups is 1. The normalized spacial score (nSPS) is 16.8. The average Bonchev–Trinajstić information content (AvgIpc) is 3.22. The van der Waals surface area contributed by atoms with Gasteiger partial charge in [0.2, 0.25) is 0 Å². The molecule has 0 fully saturated rings. The quantitative estimate of drug-likeness (QED) is 0.783. The highest BCUT2D eigenvalue weighted by molar-refractivity contribution is 9.10. The predicted molar refractivity (Wildman–Crippen MR) is 105 cm³/mol. The van der Waals surface area contributed by atoms with Crippen molar-refractivity contribution in [3.8, 4) is 11.5 Å². The van der Waals surface area contributed by atoms with E-state index in [9.17, 15) is 4.79 Å². The van der Waals surface area contributed by atoms with Crippen molar-refractivity contribution in [3.05, 3.63) is 40.4 Å². The molecule has 2 aromatic rings. The zero-order chi connectivity index (χ0) is 17.7. The summed E-state index contributed by atoms with van der Waals surface area (Å²) in [6.07, 6.45) is 0. The van der Waals surface area contributed by atoms with Crippen molar-refractivity contribution in [3.63, 3.8) is 0 Å². The Morgan fingerprint density at radius 1 is 1.19 bits per heavy atom. The Morgan fingerprint density at radius 2 is 2.00 bits per heavy atom. The summed E-state index contributed by atoms with van der Waals surface area (Å²) in [4.78, 5) is 20.6. The minimum Gasteiger partial charge on any atom is -0.486 e. The van der Waals surface area contributed by atoms with Gasteiger partial charge in [-0.25, -0.2) is 0 Å². The van der Waals surface area contributed by atoms with Crippen LogP contribution in [0, 0.1) is 0 Å². The summed E-state index contributed by atoms with van der Waals surface area (Å²) in [6.45, 7) is 2.71. The molecule has 1 amide bonds. The molecule has 0 aliphatic carbocycles.